The summed E-state index contributed by atoms with van der Waals surface area (Å²) in [4.78, 5) is 13.0. The van der Waals surface area contributed by atoms with Gasteiger partial charge in [-0.15, -0.1) is 12.4 Å². The zero-order chi connectivity index (χ0) is 11.6. The number of hydrogen-bond acceptors (Lipinski definition) is 3. The number of likely N-dealkylation sites (tertiary alicyclic amines) is 1. The topological polar surface area (TPSA) is 55.6 Å². The van der Waals surface area contributed by atoms with E-state index in [0.29, 0.717) is 6.42 Å². The summed E-state index contributed by atoms with van der Waals surface area (Å²) in [7, 11) is 0. The highest BCUT2D eigenvalue weighted by molar-refractivity contribution is 5.85. The van der Waals surface area contributed by atoms with Gasteiger partial charge in [-0.2, -0.15) is 0 Å². The highest BCUT2D eigenvalue weighted by Crippen LogP contribution is 2.22. The third kappa shape index (κ3) is 4.14. The lowest BCUT2D eigenvalue weighted by Crippen LogP contribution is -2.43. The molecule has 0 saturated carbocycles. The first-order valence-corrected chi connectivity index (χ1v) is 5.17. The average Bonchev–Trinajstić information content (AvgIpc) is 2.43. The van der Waals surface area contributed by atoms with Crippen LogP contribution in [0.5, 0.6) is 0 Å². The molecule has 0 aromatic heterocycles. The van der Waals surface area contributed by atoms with Gasteiger partial charge in [0.15, 0.2) is 0 Å². The Kier molecular flexibility index (Phi) is 5.49. The maximum Gasteiger partial charge on any atom is 0.410 e. The molecule has 1 rings (SSSR count). The van der Waals surface area contributed by atoms with Gasteiger partial charge >= 0.3 is 6.09 Å². The molecule has 4 nitrogen and oxygen atoms in total. The molecule has 2 atom stereocenters. The van der Waals surface area contributed by atoms with Crippen LogP contribution in [-0.4, -0.2) is 41.9 Å². The largest absolute Gasteiger partial charge is 0.444 e. The first-order chi connectivity index (χ1) is 6.83. The van der Waals surface area contributed by atoms with Crippen molar-refractivity contribution in [3.05, 3.63) is 0 Å². The van der Waals surface area contributed by atoms with Crippen LogP contribution in [0.2, 0.25) is 0 Å². The van der Waals surface area contributed by atoms with Crippen LogP contribution < -0.4 is 5.73 Å². The highest BCUT2D eigenvalue weighted by Gasteiger charge is 2.36. The molecule has 1 fully saturated rings. The van der Waals surface area contributed by atoms with Crippen molar-refractivity contribution in [2.24, 2.45) is 5.73 Å². The maximum atomic E-state index is 13.1. The van der Waals surface area contributed by atoms with E-state index in [1.807, 2.05) is 0 Å². The van der Waals surface area contributed by atoms with E-state index in [0.717, 1.165) is 0 Å². The van der Waals surface area contributed by atoms with Gasteiger partial charge in [0.05, 0.1) is 12.6 Å². The van der Waals surface area contributed by atoms with Gasteiger partial charge < -0.3 is 15.4 Å². The highest BCUT2D eigenvalue weighted by atomic mass is 35.5. The monoisotopic (exact) mass is 254 g/mol. The van der Waals surface area contributed by atoms with E-state index in [2.05, 4.69) is 0 Å². The second-order valence-electron chi connectivity index (χ2n) is 4.86. The molecule has 1 aliphatic heterocycles. The molecule has 0 bridgehead atoms. The minimum atomic E-state index is -0.980. The normalized spacial score (nSPS) is 25.2. The van der Waals surface area contributed by atoms with Crippen molar-refractivity contribution in [1.29, 1.82) is 0 Å². The molecule has 0 aromatic carbocycles. The van der Waals surface area contributed by atoms with E-state index in [9.17, 15) is 9.18 Å². The average molecular weight is 255 g/mol. The number of rotatable bonds is 1. The zero-order valence-electron chi connectivity index (χ0n) is 9.90. The van der Waals surface area contributed by atoms with Crippen molar-refractivity contribution in [2.75, 3.05) is 13.1 Å². The van der Waals surface area contributed by atoms with Crippen LogP contribution in [0.3, 0.4) is 0 Å². The SMILES string of the molecule is CC(C)(C)OC(=O)N1C[C@H](F)C[C@H]1CN.Cl. The predicted octanol–water partition coefficient (Wildman–Crippen LogP) is 1.71. The van der Waals surface area contributed by atoms with E-state index < -0.39 is 17.9 Å². The molecular formula is C10H20ClFN2O2. The Labute approximate surface area is 102 Å². The zero-order valence-corrected chi connectivity index (χ0v) is 10.7. The number of carbonyl (C=O) groups is 1. The lowest BCUT2D eigenvalue weighted by Gasteiger charge is -2.27. The molecule has 2 N–H and O–H groups in total. The first kappa shape index (κ1) is 15.4. The van der Waals surface area contributed by atoms with Crippen LogP contribution in [0, 0.1) is 0 Å². The van der Waals surface area contributed by atoms with Crippen LogP contribution in [0.4, 0.5) is 9.18 Å². The molecule has 96 valence electrons. The molecule has 0 spiro atoms. The summed E-state index contributed by atoms with van der Waals surface area (Å²) in [6, 6.07) is -0.227. The van der Waals surface area contributed by atoms with Crippen LogP contribution in [0.25, 0.3) is 0 Å². The van der Waals surface area contributed by atoms with Gasteiger partial charge in [-0.1, -0.05) is 0 Å². The summed E-state index contributed by atoms with van der Waals surface area (Å²) in [5, 5.41) is 0. The van der Waals surface area contributed by atoms with E-state index in [1.165, 1.54) is 4.90 Å². The molecule has 6 heteroatoms. The van der Waals surface area contributed by atoms with Crippen molar-refractivity contribution in [3.63, 3.8) is 0 Å². The van der Waals surface area contributed by atoms with Crippen molar-refractivity contribution in [2.45, 2.75) is 45.0 Å². The molecule has 0 radical (unpaired) electrons. The summed E-state index contributed by atoms with van der Waals surface area (Å²) in [6.07, 6.45) is -1.14. The lowest BCUT2D eigenvalue weighted by molar-refractivity contribution is 0.0224. The van der Waals surface area contributed by atoms with Crippen molar-refractivity contribution in [1.82, 2.24) is 4.90 Å². The summed E-state index contributed by atoms with van der Waals surface area (Å²) in [5.41, 5.74) is 4.92. The lowest BCUT2D eigenvalue weighted by atomic mass is 10.2. The fraction of sp³-hybridized carbons (Fsp3) is 0.900. The molecule has 1 saturated heterocycles. The Morgan fingerprint density at radius 3 is 2.56 bits per heavy atom. The van der Waals surface area contributed by atoms with E-state index in [-0.39, 0.29) is 31.5 Å². The van der Waals surface area contributed by atoms with E-state index in [1.54, 1.807) is 20.8 Å². The molecule has 1 heterocycles. The van der Waals surface area contributed by atoms with Gasteiger partial charge in [0.25, 0.3) is 0 Å². The van der Waals surface area contributed by atoms with E-state index >= 15 is 0 Å². The van der Waals surface area contributed by atoms with Crippen LogP contribution >= 0.6 is 12.4 Å². The second-order valence-corrected chi connectivity index (χ2v) is 4.86. The maximum absolute atomic E-state index is 13.1. The van der Waals surface area contributed by atoms with Gasteiger partial charge in [-0.3, -0.25) is 0 Å². The third-order valence-corrected chi connectivity index (χ3v) is 2.26. The number of hydrogen-bond donors (Lipinski definition) is 1. The minimum Gasteiger partial charge on any atom is -0.444 e. The van der Waals surface area contributed by atoms with E-state index in [4.69, 9.17) is 10.5 Å². The minimum absolute atomic E-state index is 0. The number of alkyl halides is 1. The van der Waals surface area contributed by atoms with Gasteiger partial charge in [0.2, 0.25) is 0 Å². The number of nitrogens with two attached hydrogens (primary N) is 1. The van der Waals surface area contributed by atoms with Crippen molar-refractivity contribution >= 4 is 18.5 Å². The quantitative estimate of drug-likeness (QED) is 0.775. The molecular weight excluding hydrogens is 235 g/mol. The Morgan fingerprint density at radius 2 is 2.12 bits per heavy atom. The summed E-state index contributed by atoms with van der Waals surface area (Å²) >= 11 is 0. The fourth-order valence-corrected chi connectivity index (χ4v) is 1.63. The summed E-state index contributed by atoms with van der Waals surface area (Å²) < 4.78 is 18.3. The molecule has 1 amide bonds. The number of amides is 1. The van der Waals surface area contributed by atoms with Gasteiger partial charge in [-0.05, 0) is 20.8 Å². The number of nitrogens with zero attached hydrogens (tertiary/aromatic N) is 1. The number of ether oxygens (including phenoxy) is 1. The Bertz CT molecular complexity index is 245. The van der Waals surface area contributed by atoms with Crippen molar-refractivity contribution < 1.29 is 13.9 Å². The van der Waals surface area contributed by atoms with Gasteiger partial charge in [0, 0.05) is 13.0 Å². The molecule has 0 aliphatic carbocycles. The van der Waals surface area contributed by atoms with Crippen LogP contribution in [0.1, 0.15) is 27.2 Å². The fourth-order valence-electron chi connectivity index (χ4n) is 1.63. The van der Waals surface area contributed by atoms with Crippen LogP contribution in [0.15, 0.2) is 0 Å². The summed E-state index contributed by atoms with van der Waals surface area (Å²) in [6.45, 7) is 5.72. The smallest absolute Gasteiger partial charge is 0.410 e. The van der Waals surface area contributed by atoms with Gasteiger partial charge in [0.1, 0.15) is 11.8 Å². The Balaban J connectivity index is 0.00000225. The van der Waals surface area contributed by atoms with Crippen LogP contribution in [-0.2, 0) is 4.74 Å². The number of halogens is 2. The first-order valence-electron chi connectivity index (χ1n) is 5.17. The Morgan fingerprint density at radius 1 is 1.56 bits per heavy atom. The Hall–Kier alpha value is -0.550. The molecule has 16 heavy (non-hydrogen) atoms. The molecule has 0 aromatic rings. The third-order valence-electron chi connectivity index (χ3n) is 2.26. The number of carbonyl (C=O) groups excluding carboxylic acids is 1. The standard InChI is InChI=1S/C10H19FN2O2.ClH/c1-10(2,3)15-9(14)13-6-7(11)4-8(13)5-12;/h7-8H,4-6,12H2,1-3H3;1H/t7-,8+;/m1./s1. The second kappa shape index (κ2) is 5.68. The van der Waals surface area contributed by atoms with Gasteiger partial charge in [-0.25, -0.2) is 9.18 Å². The summed E-state index contributed by atoms with van der Waals surface area (Å²) in [5.74, 6) is 0. The molecule has 0 unspecified atom stereocenters. The predicted molar refractivity (Wildman–Crippen MR) is 62.5 cm³/mol. The molecule has 1 aliphatic rings. The van der Waals surface area contributed by atoms with Crippen molar-refractivity contribution in [3.8, 4) is 0 Å².